The maximum Gasteiger partial charge on any atom is 0.251 e. The first-order chi connectivity index (χ1) is 12.4. The van der Waals surface area contributed by atoms with E-state index in [0.717, 1.165) is 51.4 Å². The van der Waals surface area contributed by atoms with Gasteiger partial charge in [-0.05, 0) is 12.8 Å². The van der Waals surface area contributed by atoms with Crippen LogP contribution in [0.4, 0.5) is 0 Å². The van der Waals surface area contributed by atoms with Gasteiger partial charge in [-0.15, -0.1) is 0 Å². The smallest absolute Gasteiger partial charge is 0.251 e. The average molecular weight is 376 g/mol. The summed E-state index contributed by atoms with van der Waals surface area (Å²) in [7, 11) is 0. The van der Waals surface area contributed by atoms with Crippen molar-refractivity contribution < 1.29 is 30.0 Å². The Morgan fingerprint density at radius 3 is 1.31 bits per heavy atom. The number of aliphatic hydroxyl groups is 4. The molecule has 8 nitrogen and oxygen atoms in total. The Morgan fingerprint density at radius 2 is 1.00 bits per heavy atom. The topological polar surface area (TPSA) is 139 Å². The van der Waals surface area contributed by atoms with Crippen molar-refractivity contribution in [1.82, 2.24) is 10.6 Å². The van der Waals surface area contributed by atoms with Crippen LogP contribution in [0.25, 0.3) is 0 Å². The summed E-state index contributed by atoms with van der Waals surface area (Å²) in [5.41, 5.74) is 0. The lowest BCUT2D eigenvalue weighted by Gasteiger charge is -2.25. The molecule has 2 amide bonds. The van der Waals surface area contributed by atoms with Crippen molar-refractivity contribution >= 4 is 11.8 Å². The largest absolute Gasteiger partial charge is 0.387 e. The molecule has 6 N–H and O–H groups in total. The highest BCUT2D eigenvalue weighted by molar-refractivity contribution is 5.83. The number of rotatable bonds is 15. The number of amides is 2. The van der Waals surface area contributed by atoms with E-state index < -0.39 is 36.2 Å². The second-order valence-corrected chi connectivity index (χ2v) is 6.57. The van der Waals surface area contributed by atoms with Gasteiger partial charge in [-0.3, -0.25) is 9.59 Å². The quantitative estimate of drug-likeness (QED) is 0.219. The highest BCUT2D eigenvalue weighted by Gasteiger charge is 2.37. The molecule has 0 bridgehead atoms. The van der Waals surface area contributed by atoms with Crippen LogP contribution in [-0.2, 0) is 9.59 Å². The van der Waals surface area contributed by atoms with Gasteiger partial charge in [0.1, 0.15) is 12.2 Å². The summed E-state index contributed by atoms with van der Waals surface area (Å²) in [5.74, 6) is -1.69. The lowest BCUT2D eigenvalue weighted by molar-refractivity contribution is -0.155. The van der Waals surface area contributed by atoms with E-state index in [1.807, 2.05) is 0 Å². The highest BCUT2D eigenvalue weighted by atomic mass is 16.4. The third-order valence-electron chi connectivity index (χ3n) is 4.19. The minimum Gasteiger partial charge on any atom is -0.387 e. The molecule has 0 aromatic carbocycles. The molecule has 0 aliphatic carbocycles. The lowest BCUT2D eigenvalue weighted by Crippen LogP contribution is -2.54. The van der Waals surface area contributed by atoms with Crippen LogP contribution in [0.5, 0.6) is 0 Å². The molecule has 4 unspecified atom stereocenters. The van der Waals surface area contributed by atoms with E-state index in [1.165, 1.54) is 0 Å². The van der Waals surface area contributed by atoms with Crippen LogP contribution in [0.2, 0.25) is 0 Å². The van der Waals surface area contributed by atoms with Crippen LogP contribution in [0.1, 0.15) is 65.2 Å². The zero-order chi connectivity index (χ0) is 19.9. The SMILES string of the molecule is CCCCCCNC(=O)C(O)C(O)C(O)C(O)C(=O)NCCCCCC. The van der Waals surface area contributed by atoms with Gasteiger partial charge in [0, 0.05) is 13.1 Å². The van der Waals surface area contributed by atoms with E-state index in [4.69, 9.17) is 0 Å². The Morgan fingerprint density at radius 1 is 0.654 bits per heavy atom. The van der Waals surface area contributed by atoms with Crippen LogP contribution in [0.15, 0.2) is 0 Å². The molecule has 0 aromatic heterocycles. The fraction of sp³-hybridized carbons (Fsp3) is 0.889. The maximum atomic E-state index is 11.8. The van der Waals surface area contributed by atoms with Crippen molar-refractivity contribution in [2.24, 2.45) is 0 Å². The number of unbranched alkanes of at least 4 members (excludes halogenated alkanes) is 6. The van der Waals surface area contributed by atoms with Gasteiger partial charge in [-0.2, -0.15) is 0 Å². The predicted octanol–water partition coefficient (Wildman–Crippen LogP) is -0.177. The molecule has 0 saturated carbocycles. The summed E-state index contributed by atoms with van der Waals surface area (Å²) in [5, 5.41) is 44.2. The van der Waals surface area contributed by atoms with Gasteiger partial charge < -0.3 is 31.1 Å². The summed E-state index contributed by atoms with van der Waals surface area (Å²) >= 11 is 0. The fourth-order valence-corrected chi connectivity index (χ4v) is 2.42. The zero-order valence-corrected chi connectivity index (χ0v) is 16.0. The number of hydrogen-bond donors (Lipinski definition) is 6. The van der Waals surface area contributed by atoms with Crippen LogP contribution >= 0.6 is 0 Å². The molecule has 0 aliphatic heterocycles. The molecule has 8 heteroatoms. The number of nitrogens with one attached hydrogen (secondary N) is 2. The molecule has 0 spiro atoms. The normalized spacial score (nSPS) is 15.8. The van der Waals surface area contributed by atoms with Crippen molar-refractivity contribution in [3.63, 3.8) is 0 Å². The summed E-state index contributed by atoms with van der Waals surface area (Å²) in [6, 6.07) is 0. The summed E-state index contributed by atoms with van der Waals surface area (Å²) in [6.45, 7) is 4.82. The monoisotopic (exact) mass is 376 g/mol. The third kappa shape index (κ3) is 10.1. The fourth-order valence-electron chi connectivity index (χ4n) is 2.42. The van der Waals surface area contributed by atoms with E-state index in [1.54, 1.807) is 0 Å². The van der Waals surface area contributed by atoms with Gasteiger partial charge >= 0.3 is 0 Å². The first-order valence-electron chi connectivity index (χ1n) is 9.64. The minimum atomic E-state index is -1.97. The van der Waals surface area contributed by atoms with Crippen molar-refractivity contribution in [1.29, 1.82) is 0 Å². The second-order valence-electron chi connectivity index (χ2n) is 6.57. The molecule has 0 fully saturated rings. The Kier molecular flexibility index (Phi) is 14.2. The van der Waals surface area contributed by atoms with Gasteiger partial charge in [-0.25, -0.2) is 0 Å². The summed E-state index contributed by atoms with van der Waals surface area (Å²) in [4.78, 5) is 23.5. The van der Waals surface area contributed by atoms with Gasteiger partial charge in [0.2, 0.25) is 0 Å². The third-order valence-corrected chi connectivity index (χ3v) is 4.19. The second kappa shape index (κ2) is 14.9. The van der Waals surface area contributed by atoms with Gasteiger partial charge in [-0.1, -0.05) is 52.4 Å². The van der Waals surface area contributed by atoms with E-state index >= 15 is 0 Å². The Labute approximate surface area is 156 Å². The van der Waals surface area contributed by atoms with E-state index in [2.05, 4.69) is 24.5 Å². The maximum absolute atomic E-state index is 11.8. The minimum absolute atomic E-state index is 0.347. The molecule has 0 aliphatic rings. The number of carbonyl (C=O) groups excluding carboxylic acids is 2. The molecule has 0 heterocycles. The molecular weight excluding hydrogens is 340 g/mol. The number of carbonyl (C=O) groups is 2. The molecule has 0 saturated heterocycles. The zero-order valence-electron chi connectivity index (χ0n) is 16.0. The Bertz CT molecular complexity index is 358. The van der Waals surface area contributed by atoms with E-state index in [0.29, 0.717) is 13.1 Å². The van der Waals surface area contributed by atoms with Gasteiger partial charge in [0.05, 0.1) is 0 Å². The van der Waals surface area contributed by atoms with Gasteiger partial charge in [0.25, 0.3) is 11.8 Å². The van der Waals surface area contributed by atoms with Crippen LogP contribution in [0, 0.1) is 0 Å². The first-order valence-corrected chi connectivity index (χ1v) is 9.64. The Hall–Kier alpha value is -1.22. The molecule has 0 radical (unpaired) electrons. The Balaban J connectivity index is 4.24. The first kappa shape index (κ1) is 24.8. The highest BCUT2D eigenvalue weighted by Crippen LogP contribution is 2.07. The molecule has 4 atom stereocenters. The van der Waals surface area contributed by atoms with E-state index in [-0.39, 0.29) is 0 Å². The van der Waals surface area contributed by atoms with Crippen molar-refractivity contribution in [2.75, 3.05) is 13.1 Å². The van der Waals surface area contributed by atoms with Crippen molar-refractivity contribution in [3.05, 3.63) is 0 Å². The molecule has 154 valence electrons. The van der Waals surface area contributed by atoms with Gasteiger partial charge in [0.15, 0.2) is 12.2 Å². The van der Waals surface area contributed by atoms with Crippen molar-refractivity contribution in [2.45, 2.75) is 89.6 Å². The van der Waals surface area contributed by atoms with E-state index in [9.17, 15) is 30.0 Å². The average Bonchev–Trinajstić information content (AvgIpc) is 2.64. The van der Waals surface area contributed by atoms with Crippen LogP contribution in [-0.4, -0.2) is 69.7 Å². The van der Waals surface area contributed by atoms with Crippen molar-refractivity contribution in [3.8, 4) is 0 Å². The standard InChI is InChI=1S/C18H36N2O6/c1-3-5-7-9-11-19-17(25)15(23)13(21)14(22)16(24)18(26)20-12-10-8-6-4-2/h13-16,21-24H,3-12H2,1-2H3,(H,19,25)(H,20,26). The van der Waals surface area contributed by atoms with Crippen LogP contribution in [0.3, 0.4) is 0 Å². The summed E-state index contributed by atoms with van der Waals surface area (Å²) in [6.07, 6.45) is -0.227. The summed E-state index contributed by atoms with van der Waals surface area (Å²) < 4.78 is 0. The lowest BCUT2D eigenvalue weighted by atomic mass is 10.0. The molecule has 26 heavy (non-hydrogen) atoms. The molecular formula is C18H36N2O6. The number of aliphatic hydroxyl groups excluding tert-OH is 4. The predicted molar refractivity (Wildman–Crippen MR) is 98.3 cm³/mol. The molecule has 0 aromatic rings. The molecule has 0 rings (SSSR count). The van der Waals surface area contributed by atoms with Crippen LogP contribution < -0.4 is 10.6 Å². The number of hydrogen-bond acceptors (Lipinski definition) is 6.